The van der Waals surface area contributed by atoms with Crippen LogP contribution in [0.5, 0.6) is 0 Å². The molecule has 0 aromatic heterocycles. The highest BCUT2D eigenvalue weighted by molar-refractivity contribution is 5.81. The molecule has 2 rings (SSSR count). The molecule has 1 fully saturated rings. The normalized spacial score (nSPS) is 21.3. The predicted octanol–water partition coefficient (Wildman–Crippen LogP) is 0.466. The fraction of sp³-hybridized carbons (Fsp3) is 0.462. The summed E-state index contributed by atoms with van der Waals surface area (Å²) in [5, 5.41) is 2.87. The fourth-order valence-corrected chi connectivity index (χ4v) is 2.14. The molecule has 0 bridgehead atoms. The van der Waals surface area contributed by atoms with Gasteiger partial charge in [0.2, 0.25) is 5.91 Å². The van der Waals surface area contributed by atoms with Crippen LogP contribution in [0.15, 0.2) is 24.3 Å². The van der Waals surface area contributed by atoms with E-state index in [1.54, 1.807) is 0 Å². The van der Waals surface area contributed by atoms with E-state index in [4.69, 9.17) is 5.73 Å². The maximum Gasteiger partial charge on any atom is 0.237 e. The molecule has 1 saturated heterocycles. The average molecular weight is 233 g/mol. The third-order valence-corrected chi connectivity index (χ3v) is 3.24. The largest absolute Gasteiger partial charge is 0.353 e. The van der Waals surface area contributed by atoms with Crippen LogP contribution in [0.25, 0.3) is 0 Å². The molecule has 0 saturated carbocycles. The topological polar surface area (TPSA) is 58.4 Å². The van der Waals surface area contributed by atoms with Gasteiger partial charge in [-0.15, -0.1) is 0 Å². The van der Waals surface area contributed by atoms with Crippen molar-refractivity contribution in [2.45, 2.75) is 26.1 Å². The first-order chi connectivity index (χ1) is 8.20. The van der Waals surface area contributed by atoms with Gasteiger partial charge in [0, 0.05) is 26.2 Å². The second-order valence-corrected chi connectivity index (χ2v) is 4.46. The van der Waals surface area contributed by atoms with Crippen molar-refractivity contribution >= 4 is 5.91 Å². The van der Waals surface area contributed by atoms with Gasteiger partial charge in [0.25, 0.3) is 0 Å². The van der Waals surface area contributed by atoms with E-state index in [-0.39, 0.29) is 11.9 Å². The number of hydrogen-bond donors (Lipinski definition) is 2. The quantitative estimate of drug-likeness (QED) is 0.797. The van der Waals surface area contributed by atoms with Crippen molar-refractivity contribution in [3.8, 4) is 0 Å². The first kappa shape index (κ1) is 12.1. The Hall–Kier alpha value is -1.39. The summed E-state index contributed by atoms with van der Waals surface area (Å²) in [5.41, 5.74) is 7.98. The van der Waals surface area contributed by atoms with E-state index in [1.165, 1.54) is 5.56 Å². The van der Waals surface area contributed by atoms with Gasteiger partial charge in [0.1, 0.15) is 0 Å². The molecular weight excluding hydrogens is 214 g/mol. The third-order valence-electron chi connectivity index (χ3n) is 3.24. The molecule has 1 aromatic carbocycles. The first-order valence-corrected chi connectivity index (χ1v) is 6.00. The van der Waals surface area contributed by atoms with E-state index < -0.39 is 0 Å². The Balaban J connectivity index is 2.06. The summed E-state index contributed by atoms with van der Waals surface area (Å²) in [6.07, 6.45) is 0. The standard InChI is InChI=1S/C13H19N3O/c1-10-13(17)15-5-6-16(10)9-12-4-2-3-11(7-12)8-14/h2-4,7,10H,5-6,8-9,14H2,1H3,(H,15,17). The van der Waals surface area contributed by atoms with Crippen LogP contribution in [-0.4, -0.2) is 29.9 Å². The number of hydrogen-bond acceptors (Lipinski definition) is 3. The Morgan fingerprint density at radius 1 is 1.47 bits per heavy atom. The average Bonchev–Trinajstić information content (AvgIpc) is 2.35. The zero-order chi connectivity index (χ0) is 12.3. The minimum absolute atomic E-state index is 0.0507. The van der Waals surface area contributed by atoms with E-state index in [0.717, 1.165) is 25.2 Å². The summed E-state index contributed by atoms with van der Waals surface area (Å²) in [4.78, 5) is 13.7. The summed E-state index contributed by atoms with van der Waals surface area (Å²) in [5.74, 6) is 0.117. The minimum atomic E-state index is -0.0507. The Kier molecular flexibility index (Phi) is 3.76. The van der Waals surface area contributed by atoms with E-state index in [0.29, 0.717) is 6.54 Å². The molecule has 17 heavy (non-hydrogen) atoms. The SMILES string of the molecule is CC1C(=O)NCCN1Cc1cccc(CN)c1. The van der Waals surface area contributed by atoms with E-state index in [2.05, 4.69) is 22.3 Å². The van der Waals surface area contributed by atoms with Gasteiger partial charge in [-0.3, -0.25) is 9.69 Å². The van der Waals surface area contributed by atoms with Gasteiger partial charge in [-0.1, -0.05) is 24.3 Å². The van der Waals surface area contributed by atoms with Crippen LogP contribution in [0.3, 0.4) is 0 Å². The van der Waals surface area contributed by atoms with Crippen LogP contribution in [0.4, 0.5) is 0 Å². The van der Waals surface area contributed by atoms with Gasteiger partial charge in [-0.05, 0) is 18.1 Å². The fourth-order valence-electron chi connectivity index (χ4n) is 2.14. The molecule has 4 heteroatoms. The summed E-state index contributed by atoms with van der Waals surface area (Å²) >= 11 is 0. The van der Waals surface area contributed by atoms with Crippen molar-refractivity contribution in [3.05, 3.63) is 35.4 Å². The second kappa shape index (κ2) is 5.29. The maximum atomic E-state index is 11.5. The molecule has 0 radical (unpaired) electrons. The smallest absolute Gasteiger partial charge is 0.237 e. The molecule has 0 aliphatic carbocycles. The molecule has 1 atom stereocenters. The van der Waals surface area contributed by atoms with Crippen LogP contribution in [0, 0.1) is 0 Å². The number of carbonyl (C=O) groups is 1. The molecule has 1 heterocycles. The summed E-state index contributed by atoms with van der Waals surface area (Å²) in [7, 11) is 0. The third kappa shape index (κ3) is 2.84. The Morgan fingerprint density at radius 2 is 2.24 bits per heavy atom. The number of nitrogens with one attached hydrogen (secondary N) is 1. The number of nitrogens with two attached hydrogens (primary N) is 1. The first-order valence-electron chi connectivity index (χ1n) is 6.00. The van der Waals surface area contributed by atoms with Crippen LogP contribution in [-0.2, 0) is 17.9 Å². The summed E-state index contributed by atoms with van der Waals surface area (Å²) in [6, 6.07) is 8.19. The van der Waals surface area contributed by atoms with Crippen LogP contribution < -0.4 is 11.1 Å². The zero-order valence-corrected chi connectivity index (χ0v) is 10.1. The Labute approximate surface area is 102 Å². The Morgan fingerprint density at radius 3 is 3.00 bits per heavy atom. The van der Waals surface area contributed by atoms with Crippen molar-refractivity contribution in [2.24, 2.45) is 5.73 Å². The monoisotopic (exact) mass is 233 g/mol. The van der Waals surface area contributed by atoms with Crippen LogP contribution in [0.1, 0.15) is 18.1 Å². The number of benzene rings is 1. The van der Waals surface area contributed by atoms with E-state index >= 15 is 0 Å². The van der Waals surface area contributed by atoms with Crippen molar-refractivity contribution in [3.63, 3.8) is 0 Å². The van der Waals surface area contributed by atoms with Gasteiger partial charge in [-0.2, -0.15) is 0 Å². The van der Waals surface area contributed by atoms with Crippen molar-refractivity contribution < 1.29 is 4.79 Å². The lowest BCUT2D eigenvalue weighted by Gasteiger charge is -2.32. The van der Waals surface area contributed by atoms with Gasteiger partial charge < -0.3 is 11.1 Å². The highest BCUT2D eigenvalue weighted by atomic mass is 16.2. The number of piperazine rings is 1. The molecule has 3 N–H and O–H groups in total. The highest BCUT2D eigenvalue weighted by Gasteiger charge is 2.24. The molecule has 1 unspecified atom stereocenters. The molecule has 92 valence electrons. The van der Waals surface area contributed by atoms with Gasteiger partial charge in [-0.25, -0.2) is 0 Å². The van der Waals surface area contributed by atoms with E-state index in [1.807, 2.05) is 19.1 Å². The lowest BCUT2D eigenvalue weighted by molar-refractivity contribution is -0.128. The lowest BCUT2D eigenvalue weighted by atomic mass is 10.1. The van der Waals surface area contributed by atoms with Crippen LogP contribution in [0.2, 0.25) is 0 Å². The van der Waals surface area contributed by atoms with Crippen molar-refractivity contribution in [2.75, 3.05) is 13.1 Å². The molecule has 1 aliphatic heterocycles. The molecular formula is C13H19N3O. The van der Waals surface area contributed by atoms with Gasteiger partial charge in [0.15, 0.2) is 0 Å². The molecule has 1 amide bonds. The highest BCUT2D eigenvalue weighted by Crippen LogP contribution is 2.12. The van der Waals surface area contributed by atoms with Gasteiger partial charge in [0.05, 0.1) is 6.04 Å². The zero-order valence-electron chi connectivity index (χ0n) is 10.1. The predicted molar refractivity (Wildman–Crippen MR) is 67.2 cm³/mol. The molecule has 4 nitrogen and oxygen atoms in total. The number of rotatable bonds is 3. The number of nitrogens with zero attached hydrogens (tertiary/aromatic N) is 1. The van der Waals surface area contributed by atoms with E-state index in [9.17, 15) is 4.79 Å². The maximum absolute atomic E-state index is 11.5. The second-order valence-electron chi connectivity index (χ2n) is 4.46. The number of amides is 1. The minimum Gasteiger partial charge on any atom is -0.353 e. The summed E-state index contributed by atoms with van der Waals surface area (Å²) in [6.45, 7) is 4.95. The Bertz CT molecular complexity index is 405. The molecule has 1 aromatic rings. The summed E-state index contributed by atoms with van der Waals surface area (Å²) < 4.78 is 0. The van der Waals surface area contributed by atoms with Crippen molar-refractivity contribution in [1.29, 1.82) is 0 Å². The van der Waals surface area contributed by atoms with Crippen LogP contribution >= 0.6 is 0 Å². The van der Waals surface area contributed by atoms with Gasteiger partial charge >= 0.3 is 0 Å². The number of carbonyl (C=O) groups excluding carboxylic acids is 1. The van der Waals surface area contributed by atoms with Crippen molar-refractivity contribution in [1.82, 2.24) is 10.2 Å². The molecule has 0 spiro atoms. The lowest BCUT2D eigenvalue weighted by Crippen LogP contribution is -2.53. The molecule has 1 aliphatic rings.